The third kappa shape index (κ3) is 3.69. The van der Waals surface area contributed by atoms with Crippen LogP contribution in [0.3, 0.4) is 0 Å². The molecule has 1 aliphatic heterocycles. The summed E-state index contributed by atoms with van der Waals surface area (Å²) >= 11 is 0. The van der Waals surface area contributed by atoms with Crippen LogP contribution < -0.4 is 15.5 Å². The molecule has 2 aromatic rings. The first kappa shape index (κ1) is 17.9. The van der Waals surface area contributed by atoms with Crippen molar-refractivity contribution >= 4 is 23.3 Å². The highest BCUT2D eigenvalue weighted by Gasteiger charge is 2.33. The molecule has 0 aromatic heterocycles. The van der Waals surface area contributed by atoms with Crippen LogP contribution in [0, 0.1) is 26.6 Å². The number of hydrogen-bond acceptors (Lipinski definition) is 2. The molecule has 0 radical (unpaired) electrons. The summed E-state index contributed by atoms with van der Waals surface area (Å²) in [6.45, 7) is 6.12. The third-order valence-electron chi connectivity index (χ3n) is 4.73. The average Bonchev–Trinajstić information content (AvgIpc) is 2.94. The molecule has 0 aliphatic carbocycles. The van der Waals surface area contributed by atoms with E-state index in [2.05, 4.69) is 10.6 Å². The maximum absolute atomic E-state index is 13.4. The fraction of sp³-hybridized carbons (Fsp3) is 0.300. The number of urea groups is 1. The highest BCUT2D eigenvalue weighted by atomic mass is 19.1. The summed E-state index contributed by atoms with van der Waals surface area (Å²) in [5.74, 6) is -0.492. The summed E-state index contributed by atoms with van der Waals surface area (Å²) < 4.78 is 13.4. The van der Waals surface area contributed by atoms with Gasteiger partial charge in [0.15, 0.2) is 0 Å². The van der Waals surface area contributed by atoms with Gasteiger partial charge in [-0.25, -0.2) is 9.18 Å². The molecule has 136 valence electrons. The number of hydrogen-bond donors (Lipinski definition) is 2. The predicted octanol–water partition coefficient (Wildman–Crippen LogP) is 3.68. The van der Waals surface area contributed by atoms with Crippen LogP contribution in [0.4, 0.5) is 20.6 Å². The second kappa shape index (κ2) is 7.15. The molecule has 1 aliphatic rings. The summed E-state index contributed by atoms with van der Waals surface area (Å²) in [5, 5.41) is 5.48. The zero-order valence-electron chi connectivity index (χ0n) is 15.1. The Morgan fingerprint density at radius 2 is 1.85 bits per heavy atom. The van der Waals surface area contributed by atoms with E-state index < -0.39 is 12.1 Å². The first-order valence-electron chi connectivity index (χ1n) is 8.57. The first-order valence-corrected chi connectivity index (χ1v) is 8.57. The van der Waals surface area contributed by atoms with Crippen LogP contribution in [0.1, 0.15) is 23.1 Å². The number of aryl methyl sites for hydroxylation is 3. The molecule has 3 rings (SSSR count). The molecule has 5 nitrogen and oxygen atoms in total. The maximum Gasteiger partial charge on any atom is 0.319 e. The largest absolute Gasteiger partial charge is 0.326 e. The zero-order valence-corrected chi connectivity index (χ0v) is 15.1. The second-order valence-electron chi connectivity index (χ2n) is 6.66. The topological polar surface area (TPSA) is 61.4 Å². The number of benzene rings is 2. The van der Waals surface area contributed by atoms with Crippen molar-refractivity contribution in [3.8, 4) is 0 Å². The van der Waals surface area contributed by atoms with Gasteiger partial charge in [0.25, 0.3) is 0 Å². The molecule has 1 saturated heterocycles. The van der Waals surface area contributed by atoms with E-state index >= 15 is 0 Å². The minimum absolute atomic E-state index is 0.189. The zero-order chi connectivity index (χ0) is 18.8. The Morgan fingerprint density at radius 3 is 2.54 bits per heavy atom. The quantitative estimate of drug-likeness (QED) is 0.882. The lowest BCUT2D eigenvalue weighted by molar-refractivity contribution is -0.118. The van der Waals surface area contributed by atoms with Gasteiger partial charge < -0.3 is 15.5 Å². The number of halogens is 1. The number of anilines is 2. The molecule has 1 fully saturated rings. The molecular formula is C20H22FN3O2. The van der Waals surface area contributed by atoms with Gasteiger partial charge in [-0.3, -0.25) is 4.79 Å². The standard InChI is InChI=1S/C20H22FN3O2/c1-12-4-5-15(10-13(12)2)22-20(26)23-18-8-9-24(19(18)25)16-6-7-17(21)14(3)11-16/h4-7,10-11,18H,8-9H2,1-3H3,(H2,22,23,26)/t18-/m1/s1. The Kier molecular flexibility index (Phi) is 4.93. The molecule has 2 N–H and O–H groups in total. The molecule has 1 atom stereocenters. The van der Waals surface area contributed by atoms with Crippen LogP contribution in [0.2, 0.25) is 0 Å². The van der Waals surface area contributed by atoms with E-state index in [0.29, 0.717) is 29.9 Å². The van der Waals surface area contributed by atoms with Gasteiger partial charge in [0.1, 0.15) is 11.9 Å². The summed E-state index contributed by atoms with van der Waals surface area (Å²) in [6, 6.07) is 9.22. The van der Waals surface area contributed by atoms with Crippen LogP contribution in [-0.4, -0.2) is 24.5 Å². The lowest BCUT2D eigenvalue weighted by atomic mass is 10.1. The van der Waals surface area contributed by atoms with Crippen molar-refractivity contribution < 1.29 is 14.0 Å². The number of nitrogens with zero attached hydrogens (tertiary/aromatic N) is 1. The van der Waals surface area contributed by atoms with Gasteiger partial charge >= 0.3 is 6.03 Å². The Labute approximate surface area is 152 Å². The smallest absolute Gasteiger partial charge is 0.319 e. The molecule has 26 heavy (non-hydrogen) atoms. The van der Waals surface area contributed by atoms with Crippen molar-refractivity contribution in [3.05, 3.63) is 58.9 Å². The van der Waals surface area contributed by atoms with E-state index in [1.165, 1.54) is 6.07 Å². The normalized spacial score (nSPS) is 16.7. The van der Waals surface area contributed by atoms with Crippen LogP contribution in [0.25, 0.3) is 0 Å². The van der Waals surface area contributed by atoms with Crippen molar-refractivity contribution in [3.63, 3.8) is 0 Å². The number of nitrogens with one attached hydrogen (secondary N) is 2. The lowest BCUT2D eigenvalue weighted by Crippen LogP contribution is -2.43. The monoisotopic (exact) mass is 355 g/mol. The van der Waals surface area contributed by atoms with E-state index in [1.54, 1.807) is 24.0 Å². The van der Waals surface area contributed by atoms with Crippen LogP contribution in [-0.2, 0) is 4.79 Å². The Bertz CT molecular complexity index is 866. The van der Waals surface area contributed by atoms with Gasteiger partial charge in [0, 0.05) is 17.9 Å². The molecule has 2 aromatic carbocycles. The van der Waals surface area contributed by atoms with Crippen LogP contribution >= 0.6 is 0 Å². The van der Waals surface area contributed by atoms with E-state index in [0.717, 1.165) is 11.1 Å². The van der Waals surface area contributed by atoms with Gasteiger partial charge in [-0.2, -0.15) is 0 Å². The molecule has 1 heterocycles. The van der Waals surface area contributed by atoms with Crippen LogP contribution in [0.5, 0.6) is 0 Å². The fourth-order valence-corrected chi connectivity index (χ4v) is 3.01. The predicted molar refractivity (Wildman–Crippen MR) is 100.0 cm³/mol. The third-order valence-corrected chi connectivity index (χ3v) is 4.73. The molecule has 6 heteroatoms. The second-order valence-corrected chi connectivity index (χ2v) is 6.66. The Balaban J connectivity index is 1.63. The average molecular weight is 355 g/mol. The van der Waals surface area contributed by atoms with Gasteiger partial charge in [-0.05, 0) is 74.2 Å². The molecule has 0 spiro atoms. The van der Waals surface area contributed by atoms with E-state index in [1.807, 2.05) is 32.0 Å². The number of carbonyl (C=O) groups excluding carboxylic acids is 2. The minimum atomic E-state index is -0.591. The molecule has 3 amide bonds. The molecular weight excluding hydrogens is 333 g/mol. The summed E-state index contributed by atoms with van der Waals surface area (Å²) in [5.41, 5.74) is 4.04. The van der Waals surface area contributed by atoms with E-state index in [9.17, 15) is 14.0 Å². The molecule has 0 bridgehead atoms. The summed E-state index contributed by atoms with van der Waals surface area (Å²) in [4.78, 5) is 26.4. The van der Waals surface area contributed by atoms with Crippen molar-refractivity contribution in [1.29, 1.82) is 0 Å². The van der Waals surface area contributed by atoms with E-state index in [-0.39, 0.29) is 11.7 Å². The van der Waals surface area contributed by atoms with Gasteiger partial charge in [-0.1, -0.05) is 6.07 Å². The van der Waals surface area contributed by atoms with Crippen molar-refractivity contribution in [1.82, 2.24) is 5.32 Å². The van der Waals surface area contributed by atoms with E-state index in [4.69, 9.17) is 0 Å². The highest BCUT2D eigenvalue weighted by Crippen LogP contribution is 2.24. The molecule has 0 unspecified atom stereocenters. The maximum atomic E-state index is 13.4. The lowest BCUT2D eigenvalue weighted by Gasteiger charge is -2.18. The minimum Gasteiger partial charge on any atom is -0.326 e. The fourth-order valence-electron chi connectivity index (χ4n) is 3.01. The number of rotatable bonds is 3. The Hall–Kier alpha value is -2.89. The molecule has 0 saturated carbocycles. The first-order chi connectivity index (χ1) is 12.3. The van der Waals surface area contributed by atoms with Gasteiger partial charge in [-0.15, -0.1) is 0 Å². The highest BCUT2D eigenvalue weighted by molar-refractivity contribution is 6.02. The number of amides is 3. The van der Waals surface area contributed by atoms with Crippen molar-refractivity contribution in [2.75, 3.05) is 16.8 Å². The van der Waals surface area contributed by atoms with Gasteiger partial charge in [0.2, 0.25) is 5.91 Å². The Morgan fingerprint density at radius 1 is 1.08 bits per heavy atom. The summed E-state index contributed by atoms with van der Waals surface area (Å²) in [6.07, 6.45) is 0.510. The van der Waals surface area contributed by atoms with Crippen molar-refractivity contribution in [2.24, 2.45) is 0 Å². The summed E-state index contributed by atoms with van der Waals surface area (Å²) in [7, 11) is 0. The van der Waals surface area contributed by atoms with Crippen LogP contribution in [0.15, 0.2) is 36.4 Å². The van der Waals surface area contributed by atoms with Gasteiger partial charge in [0.05, 0.1) is 0 Å². The SMILES string of the molecule is Cc1ccc(NC(=O)N[C@@H]2CCN(c3ccc(F)c(C)c3)C2=O)cc1C. The number of carbonyl (C=O) groups is 2. The van der Waals surface area contributed by atoms with Crippen molar-refractivity contribution in [2.45, 2.75) is 33.2 Å².